The Morgan fingerprint density at radius 3 is 2.83 bits per heavy atom. The zero-order chi connectivity index (χ0) is 13.0. The van der Waals surface area contributed by atoms with Crippen molar-refractivity contribution in [1.82, 2.24) is 15.3 Å². The fourth-order valence-electron chi connectivity index (χ4n) is 2.25. The van der Waals surface area contributed by atoms with Crippen LogP contribution in [0.25, 0.3) is 0 Å². The van der Waals surface area contributed by atoms with Gasteiger partial charge in [-0.3, -0.25) is 0 Å². The van der Waals surface area contributed by atoms with Gasteiger partial charge in [0.15, 0.2) is 0 Å². The molecule has 0 spiro atoms. The molecule has 1 aromatic heterocycles. The first-order chi connectivity index (χ1) is 8.54. The fourth-order valence-corrected chi connectivity index (χ4v) is 2.25. The van der Waals surface area contributed by atoms with Crippen LogP contribution in [0, 0.1) is 5.41 Å². The molecule has 0 unspecified atom stereocenters. The first-order valence-electron chi connectivity index (χ1n) is 6.88. The van der Waals surface area contributed by atoms with Gasteiger partial charge in [0.1, 0.15) is 0 Å². The average Bonchev–Trinajstić information content (AvgIpc) is 2.82. The van der Waals surface area contributed by atoms with Crippen molar-refractivity contribution in [2.75, 3.05) is 13.2 Å². The Kier molecular flexibility index (Phi) is 4.40. The molecule has 1 aliphatic rings. The summed E-state index contributed by atoms with van der Waals surface area (Å²) in [6, 6.07) is 0.506. The van der Waals surface area contributed by atoms with Gasteiger partial charge in [-0.2, -0.15) is 0 Å². The van der Waals surface area contributed by atoms with Crippen LogP contribution in [0.5, 0.6) is 0 Å². The van der Waals surface area contributed by atoms with Crippen molar-refractivity contribution in [3.63, 3.8) is 0 Å². The lowest BCUT2D eigenvalue weighted by molar-refractivity contribution is -0.00650. The standard InChI is InChI=1S/C14H25N3O/c1-14(2,3)6-7-16-11-4-5-13(18-9-11)12-8-15-10-17-12/h8,10-11,13,16H,4-7,9H2,1-3H3,(H,15,17)/t11-,13-/m1/s1. The molecular weight excluding hydrogens is 226 g/mol. The van der Waals surface area contributed by atoms with Crippen molar-refractivity contribution in [2.45, 2.75) is 52.2 Å². The van der Waals surface area contributed by atoms with Crippen LogP contribution < -0.4 is 5.32 Å². The molecular formula is C14H25N3O. The monoisotopic (exact) mass is 251 g/mol. The number of aromatic nitrogens is 2. The van der Waals surface area contributed by atoms with Gasteiger partial charge in [0.2, 0.25) is 0 Å². The summed E-state index contributed by atoms with van der Waals surface area (Å²) in [6.07, 6.45) is 7.22. The van der Waals surface area contributed by atoms with Gasteiger partial charge in [0, 0.05) is 6.04 Å². The lowest BCUT2D eigenvalue weighted by Crippen LogP contribution is -2.39. The first kappa shape index (κ1) is 13.6. The summed E-state index contributed by atoms with van der Waals surface area (Å²) in [7, 11) is 0. The lowest BCUT2D eigenvalue weighted by Gasteiger charge is -2.30. The van der Waals surface area contributed by atoms with E-state index >= 15 is 0 Å². The van der Waals surface area contributed by atoms with Crippen LogP contribution >= 0.6 is 0 Å². The van der Waals surface area contributed by atoms with Crippen LogP contribution in [-0.4, -0.2) is 29.2 Å². The average molecular weight is 251 g/mol. The minimum absolute atomic E-state index is 0.202. The van der Waals surface area contributed by atoms with Crippen molar-refractivity contribution in [3.05, 3.63) is 18.2 Å². The van der Waals surface area contributed by atoms with E-state index in [1.807, 2.05) is 6.20 Å². The number of nitrogens with zero attached hydrogens (tertiary/aromatic N) is 1. The maximum atomic E-state index is 5.88. The Morgan fingerprint density at radius 1 is 1.44 bits per heavy atom. The van der Waals surface area contributed by atoms with Gasteiger partial charge < -0.3 is 15.0 Å². The molecule has 1 aromatic rings. The van der Waals surface area contributed by atoms with E-state index in [-0.39, 0.29) is 6.10 Å². The quantitative estimate of drug-likeness (QED) is 0.865. The van der Waals surface area contributed by atoms with Crippen molar-refractivity contribution in [3.8, 4) is 0 Å². The second-order valence-corrected chi connectivity index (χ2v) is 6.37. The molecule has 2 N–H and O–H groups in total. The molecule has 4 heteroatoms. The molecule has 0 saturated carbocycles. The Labute approximate surface area is 110 Å². The van der Waals surface area contributed by atoms with E-state index in [1.165, 1.54) is 12.8 Å². The second-order valence-electron chi connectivity index (χ2n) is 6.37. The summed E-state index contributed by atoms with van der Waals surface area (Å²) in [4.78, 5) is 7.17. The molecule has 1 fully saturated rings. The second kappa shape index (κ2) is 5.85. The van der Waals surface area contributed by atoms with Crippen molar-refractivity contribution < 1.29 is 4.74 Å². The van der Waals surface area contributed by atoms with Gasteiger partial charge in [-0.1, -0.05) is 20.8 Å². The van der Waals surface area contributed by atoms with E-state index in [2.05, 4.69) is 36.1 Å². The van der Waals surface area contributed by atoms with Crippen molar-refractivity contribution >= 4 is 0 Å². The smallest absolute Gasteiger partial charge is 0.0989 e. The van der Waals surface area contributed by atoms with Gasteiger partial charge in [-0.05, 0) is 31.2 Å². The van der Waals surface area contributed by atoms with Gasteiger partial charge in [0.05, 0.1) is 30.9 Å². The summed E-state index contributed by atoms with van der Waals surface area (Å²) < 4.78 is 5.88. The molecule has 4 nitrogen and oxygen atoms in total. The zero-order valence-electron chi connectivity index (χ0n) is 11.7. The molecule has 0 radical (unpaired) electrons. The van der Waals surface area contributed by atoms with Crippen LogP contribution in [0.2, 0.25) is 0 Å². The van der Waals surface area contributed by atoms with Crippen LogP contribution in [-0.2, 0) is 4.74 Å². The van der Waals surface area contributed by atoms with E-state index in [4.69, 9.17) is 4.74 Å². The molecule has 2 heterocycles. The first-order valence-corrected chi connectivity index (χ1v) is 6.88. The van der Waals surface area contributed by atoms with Crippen LogP contribution in [0.15, 0.2) is 12.5 Å². The topological polar surface area (TPSA) is 49.9 Å². The number of nitrogens with one attached hydrogen (secondary N) is 2. The lowest BCUT2D eigenvalue weighted by atomic mass is 9.92. The molecule has 0 aliphatic carbocycles. The highest BCUT2D eigenvalue weighted by molar-refractivity contribution is 5.01. The van der Waals surface area contributed by atoms with Gasteiger partial charge in [0.25, 0.3) is 0 Å². The molecule has 0 amide bonds. The third-order valence-corrected chi connectivity index (χ3v) is 3.45. The molecule has 2 atom stereocenters. The molecule has 2 rings (SSSR count). The fraction of sp³-hybridized carbons (Fsp3) is 0.786. The number of hydrogen-bond acceptors (Lipinski definition) is 3. The SMILES string of the molecule is CC(C)(C)CCN[C@@H]1CC[C@H](c2cnc[nH]2)OC1. The number of H-pyrrole nitrogens is 1. The normalized spacial score (nSPS) is 25.3. The highest BCUT2D eigenvalue weighted by Gasteiger charge is 2.23. The van der Waals surface area contributed by atoms with Crippen LogP contribution in [0.4, 0.5) is 0 Å². The van der Waals surface area contributed by atoms with Crippen molar-refractivity contribution in [1.29, 1.82) is 0 Å². The highest BCUT2D eigenvalue weighted by atomic mass is 16.5. The summed E-state index contributed by atoms with van der Waals surface area (Å²) in [5.41, 5.74) is 1.50. The largest absolute Gasteiger partial charge is 0.370 e. The van der Waals surface area contributed by atoms with E-state index in [0.717, 1.165) is 25.3 Å². The zero-order valence-corrected chi connectivity index (χ0v) is 11.7. The van der Waals surface area contributed by atoms with Gasteiger partial charge in [-0.25, -0.2) is 4.98 Å². The Balaban J connectivity index is 1.68. The number of rotatable bonds is 4. The predicted octanol–water partition coefficient (Wildman–Crippen LogP) is 2.66. The third-order valence-electron chi connectivity index (χ3n) is 3.45. The summed E-state index contributed by atoms with van der Waals surface area (Å²) in [5.74, 6) is 0. The predicted molar refractivity (Wildman–Crippen MR) is 72.4 cm³/mol. The van der Waals surface area contributed by atoms with E-state index in [9.17, 15) is 0 Å². The summed E-state index contributed by atoms with van der Waals surface area (Å²) in [6.45, 7) is 8.71. The van der Waals surface area contributed by atoms with E-state index in [1.54, 1.807) is 6.33 Å². The number of hydrogen-bond donors (Lipinski definition) is 2. The van der Waals surface area contributed by atoms with E-state index in [0.29, 0.717) is 11.5 Å². The van der Waals surface area contributed by atoms with Crippen LogP contribution in [0.3, 0.4) is 0 Å². The van der Waals surface area contributed by atoms with Crippen molar-refractivity contribution in [2.24, 2.45) is 5.41 Å². The van der Waals surface area contributed by atoms with Crippen LogP contribution in [0.1, 0.15) is 51.8 Å². The van der Waals surface area contributed by atoms with Gasteiger partial charge >= 0.3 is 0 Å². The third kappa shape index (κ3) is 4.10. The molecule has 18 heavy (non-hydrogen) atoms. The summed E-state index contributed by atoms with van der Waals surface area (Å²) >= 11 is 0. The maximum Gasteiger partial charge on any atom is 0.0989 e. The number of aromatic amines is 1. The summed E-state index contributed by atoms with van der Waals surface area (Å²) in [5, 5.41) is 3.59. The van der Waals surface area contributed by atoms with E-state index < -0.39 is 0 Å². The number of ether oxygens (including phenoxy) is 1. The Hall–Kier alpha value is -0.870. The maximum absolute atomic E-state index is 5.88. The molecule has 1 aliphatic heterocycles. The minimum atomic E-state index is 0.202. The Morgan fingerprint density at radius 2 is 2.28 bits per heavy atom. The molecule has 102 valence electrons. The molecule has 1 saturated heterocycles. The minimum Gasteiger partial charge on any atom is -0.370 e. The highest BCUT2D eigenvalue weighted by Crippen LogP contribution is 2.26. The molecule has 0 aromatic carbocycles. The Bertz CT molecular complexity index is 334. The van der Waals surface area contributed by atoms with Gasteiger partial charge in [-0.15, -0.1) is 0 Å². The molecule has 0 bridgehead atoms. The number of imidazole rings is 1.